The summed E-state index contributed by atoms with van der Waals surface area (Å²) in [5.74, 6) is 0.518. The molecule has 22 heavy (non-hydrogen) atoms. The fraction of sp³-hybridized carbons (Fsp3) is 0.611. The number of piperazine rings is 1. The van der Waals surface area contributed by atoms with E-state index in [2.05, 4.69) is 41.8 Å². The highest BCUT2D eigenvalue weighted by Gasteiger charge is 2.28. The van der Waals surface area contributed by atoms with Gasteiger partial charge in [-0.2, -0.15) is 0 Å². The highest BCUT2D eigenvalue weighted by molar-refractivity contribution is 5.79. The summed E-state index contributed by atoms with van der Waals surface area (Å²) >= 11 is 0. The predicted octanol–water partition coefficient (Wildman–Crippen LogP) is 2.38. The van der Waals surface area contributed by atoms with Crippen molar-refractivity contribution >= 4 is 11.6 Å². The molecular weight excluding hydrogens is 276 g/mol. The van der Waals surface area contributed by atoms with Gasteiger partial charge in [-0.3, -0.25) is 4.79 Å². The fourth-order valence-corrected chi connectivity index (χ4v) is 3.52. The van der Waals surface area contributed by atoms with E-state index in [1.807, 2.05) is 0 Å². The van der Waals surface area contributed by atoms with E-state index in [0.717, 1.165) is 52.2 Å². The fourth-order valence-electron chi connectivity index (χ4n) is 3.52. The first-order chi connectivity index (χ1) is 10.6. The molecule has 0 aliphatic carbocycles. The molecule has 1 aromatic carbocycles. The maximum absolute atomic E-state index is 12.6. The summed E-state index contributed by atoms with van der Waals surface area (Å²) in [6, 6.07) is 6.68. The van der Waals surface area contributed by atoms with E-state index in [0.29, 0.717) is 5.91 Å². The molecule has 4 heteroatoms. The van der Waals surface area contributed by atoms with Crippen LogP contribution in [0.4, 0.5) is 5.69 Å². The molecule has 120 valence electrons. The minimum atomic E-state index is 0.182. The number of benzene rings is 1. The first-order valence-electron chi connectivity index (χ1n) is 8.33. The standard InChI is InChI=1S/C18H26N2O2/c1-14-11-15(2)13-17(12-14)19-5-7-20(8-6-19)18(21)16-3-9-22-10-4-16/h11-13,16H,3-10H2,1-2H3. The molecule has 2 saturated heterocycles. The molecule has 2 aliphatic rings. The van der Waals surface area contributed by atoms with Crippen molar-refractivity contribution in [2.24, 2.45) is 5.92 Å². The molecule has 2 heterocycles. The maximum Gasteiger partial charge on any atom is 0.225 e. The smallest absolute Gasteiger partial charge is 0.225 e. The Morgan fingerprint density at radius 2 is 1.59 bits per heavy atom. The normalized spacial score (nSPS) is 20.3. The number of ether oxygens (including phenoxy) is 1. The van der Waals surface area contributed by atoms with Crippen LogP contribution >= 0.6 is 0 Å². The van der Waals surface area contributed by atoms with Crippen molar-refractivity contribution in [2.45, 2.75) is 26.7 Å². The van der Waals surface area contributed by atoms with Crippen LogP contribution in [0.1, 0.15) is 24.0 Å². The second-order valence-corrected chi connectivity index (χ2v) is 6.54. The summed E-state index contributed by atoms with van der Waals surface area (Å²) in [6.07, 6.45) is 1.77. The Morgan fingerprint density at radius 1 is 1.00 bits per heavy atom. The highest BCUT2D eigenvalue weighted by atomic mass is 16.5. The molecule has 0 atom stereocenters. The molecule has 0 radical (unpaired) electrons. The molecule has 0 saturated carbocycles. The van der Waals surface area contributed by atoms with E-state index >= 15 is 0 Å². The van der Waals surface area contributed by atoms with Crippen LogP contribution in [0.25, 0.3) is 0 Å². The van der Waals surface area contributed by atoms with Gasteiger partial charge in [-0.15, -0.1) is 0 Å². The summed E-state index contributed by atoms with van der Waals surface area (Å²) in [4.78, 5) is 17.0. The highest BCUT2D eigenvalue weighted by Crippen LogP contribution is 2.22. The average Bonchev–Trinajstić information content (AvgIpc) is 2.54. The number of amides is 1. The number of hydrogen-bond acceptors (Lipinski definition) is 3. The van der Waals surface area contributed by atoms with Crippen LogP contribution in [0.5, 0.6) is 0 Å². The maximum atomic E-state index is 12.6. The molecule has 1 amide bonds. The first kappa shape index (κ1) is 15.3. The van der Waals surface area contributed by atoms with Gasteiger partial charge < -0.3 is 14.5 Å². The molecular formula is C18H26N2O2. The molecule has 2 fully saturated rings. The van der Waals surface area contributed by atoms with Crippen molar-refractivity contribution in [3.8, 4) is 0 Å². The van der Waals surface area contributed by atoms with Crippen LogP contribution in [0, 0.1) is 19.8 Å². The second kappa shape index (κ2) is 6.69. The Morgan fingerprint density at radius 3 is 2.18 bits per heavy atom. The molecule has 2 aliphatic heterocycles. The van der Waals surface area contributed by atoms with Gasteiger partial charge in [-0.25, -0.2) is 0 Å². The summed E-state index contributed by atoms with van der Waals surface area (Å²) in [7, 11) is 0. The summed E-state index contributed by atoms with van der Waals surface area (Å²) in [6.45, 7) is 9.28. The molecule has 3 rings (SSSR count). The lowest BCUT2D eigenvalue weighted by molar-refractivity contribution is -0.138. The molecule has 0 bridgehead atoms. The van der Waals surface area contributed by atoms with Gasteiger partial charge in [-0.05, 0) is 49.9 Å². The minimum absolute atomic E-state index is 0.182. The van der Waals surface area contributed by atoms with Gasteiger partial charge in [0.2, 0.25) is 5.91 Å². The van der Waals surface area contributed by atoms with Crippen molar-refractivity contribution < 1.29 is 9.53 Å². The predicted molar refractivity (Wildman–Crippen MR) is 88.3 cm³/mol. The van der Waals surface area contributed by atoms with Crippen LogP contribution in [0.3, 0.4) is 0 Å². The van der Waals surface area contributed by atoms with Gasteiger partial charge >= 0.3 is 0 Å². The number of carbonyl (C=O) groups excluding carboxylic acids is 1. The van der Waals surface area contributed by atoms with E-state index < -0.39 is 0 Å². The first-order valence-corrected chi connectivity index (χ1v) is 8.33. The number of aryl methyl sites for hydroxylation is 2. The number of rotatable bonds is 2. The third-order valence-electron chi connectivity index (χ3n) is 4.73. The van der Waals surface area contributed by atoms with Crippen molar-refractivity contribution in [1.82, 2.24) is 4.90 Å². The third-order valence-corrected chi connectivity index (χ3v) is 4.73. The van der Waals surface area contributed by atoms with E-state index in [-0.39, 0.29) is 5.92 Å². The molecule has 0 unspecified atom stereocenters. The van der Waals surface area contributed by atoms with Crippen molar-refractivity contribution in [1.29, 1.82) is 0 Å². The van der Waals surface area contributed by atoms with Gasteiger partial charge in [0.25, 0.3) is 0 Å². The zero-order chi connectivity index (χ0) is 15.5. The van der Waals surface area contributed by atoms with Gasteiger partial charge in [0.1, 0.15) is 0 Å². The Labute approximate surface area is 133 Å². The molecule has 0 spiro atoms. The number of hydrogen-bond donors (Lipinski definition) is 0. The largest absolute Gasteiger partial charge is 0.381 e. The number of carbonyl (C=O) groups is 1. The third kappa shape index (κ3) is 3.43. The lowest BCUT2D eigenvalue weighted by Gasteiger charge is -2.38. The van der Waals surface area contributed by atoms with E-state index in [4.69, 9.17) is 4.74 Å². The second-order valence-electron chi connectivity index (χ2n) is 6.54. The van der Waals surface area contributed by atoms with Gasteiger partial charge in [0.15, 0.2) is 0 Å². The molecule has 0 aromatic heterocycles. The lowest BCUT2D eigenvalue weighted by atomic mass is 9.98. The summed E-state index contributed by atoms with van der Waals surface area (Å²) < 4.78 is 5.36. The van der Waals surface area contributed by atoms with Crippen molar-refractivity contribution in [3.63, 3.8) is 0 Å². The summed E-state index contributed by atoms with van der Waals surface area (Å²) in [5.41, 5.74) is 3.89. The van der Waals surface area contributed by atoms with Gasteiger partial charge in [0.05, 0.1) is 0 Å². The zero-order valence-electron chi connectivity index (χ0n) is 13.7. The summed E-state index contributed by atoms with van der Waals surface area (Å²) in [5, 5.41) is 0. The van der Waals surface area contributed by atoms with Crippen LogP contribution in [-0.4, -0.2) is 50.2 Å². The molecule has 0 N–H and O–H groups in total. The van der Waals surface area contributed by atoms with E-state index in [9.17, 15) is 4.79 Å². The van der Waals surface area contributed by atoms with Crippen molar-refractivity contribution in [3.05, 3.63) is 29.3 Å². The van der Waals surface area contributed by atoms with Crippen LogP contribution in [-0.2, 0) is 9.53 Å². The Hall–Kier alpha value is -1.55. The average molecular weight is 302 g/mol. The van der Waals surface area contributed by atoms with Crippen molar-refractivity contribution in [2.75, 3.05) is 44.3 Å². The molecule has 4 nitrogen and oxygen atoms in total. The monoisotopic (exact) mass is 302 g/mol. The van der Waals surface area contributed by atoms with E-state index in [1.54, 1.807) is 0 Å². The quantitative estimate of drug-likeness (QED) is 0.841. The van der Waals surface area contributed by atoms with Crippen LogP contribution < -0.4 is 4.90 Å². The van der Waals surface area contributed by atoms with Crippen LogP contribution in [0.2, 0.25) is 0 Å². The minimum Gasteiger partial charge on any atom is -0.381 e. The number of nitrogens with zero attached hydrogens (tertiary/aromatic N) is 2. The lowest BCUT2D eigenvalue weighted by Crippen LogP contribution is -2.51. The zero-order valence-corrected chi connectivity index (χ0v) is 13.7. The van der Waals surface area contributed by atoms with E-state index in [1.165, 1.54) is 16.8 Å². The number of anilines is 1. The van der Waals surface area contributed by atoms with Gasteiger partial charge in [0, 0.05) is 51.0 Å². The topological polar surface area (TPSA) is 32.8 Å². The Bertz CT molecular complexity index is 510. The SMILES string of the molecule is Cc1cc(C)cc(N2CCN(C(=O)C3CCOCC3)CC2)c1. The Balaban J connectivity index is 1.58. The van der Waals surface area contributed by atoms with Crippen LogP contribution in [0.15, 0.2) is 18.2 Å². The Kier molecular flexibility index (Phi) is 4.67. The molecule has 1 aromatic rings. The van der Waals surface area contributed by atoms with Gasteiger partial charge in [-0.1, -0.05) is 6.07 Å².